The molecule has 0 amide bonds. The zero-order chi connectivity index (χ0) is 17.9. The van der Waals surface area contributed by atoms with Crippen molar-refractivity contribution in [2.75, 3.05) is 11.8 Å². The molecule has 0 spiro atoms. The third-order valence-electron chi connectivity index (χ3n) is 4.02. The van der Waals surface area contributed by atoms with Crippen molar-refractivity contribution in [2.24, 2.45) is 0 Å². The van der Waals surface area contributed by atoms with Crippen LogP contribution < -0.4 is 0 Å². The Morgan fingerprint density at radius 1 is 0.500 bits per heavy atom. The Bertz CT molecular complexity index is 686. The summed E-state index contributed by atoms with van der Waals surface area (Å²) in [6, 6.07) is 32.2. The van der Waals surface area contributed by atoms with Gasteiger partial charge in [0.25, 0.3) is 0 Å². The summed E-state index contributed by atoms with van der Waals surface area (Å²) in [5.41, 5.74) is 4.18. The first-order valence-electron chi connectivity index (χ1n) is 8.90. The van der Waals surface area contributed by atoms with Gasteiger partial charge in [-0.15, -0.1) is 23.5 Å². The van der Waals surface area contributed by atoms with E-state index in [0.717, 1.165) is 29.8 Å². The van der Waals surface area contributed by atoms with Crippen molar-refractivity contribution >= 4 is 23.5 Å². The van der Waals surface area contributed by atoms with Gasteiger partial charge in [0, 0.05) is 29.8 Å². The van der Waals surface area contributed by atoms with Gasteiger partial charge in [-0.3, -0.25) is 4.90 Å². The molecule has 0 aliphatic carbocycles. The Labute approximate surface area is 165 Å². The van der Waals surface area contributed by atoms with Crippen LogP contribution in [-0.2, 0) is 18.1 Å². The second-order valence-electron chi connectivity index (χ2n) is 6.24. The predicted molar refractivity (Wildman–Crippen MR) is 117 cm³/mol. The second kappa shape index (κ2) is 11.1. The lowest BCUT2D eigenvalue weighted by Crippen LogP contribution is -2.22. The first kappa shape index (κ1) is 19.1. The normalized spacial score (nSPS) is 11.0. The predicted octanol–water partition coefficient (Wildman–Crippen LogP) is 6.27. The van der Waals surface area contributed by atoms with Crippen molar-refractivity contribution in [1.82, 2.24) is 4.90 Å². The molecule has 134 valence electrons. The highest BCUT2D eigenvalue weighted by Crippen LogP contribution is 2.19. The molecule has 0 bridgehead atoms. The topological polar surface area (TPSA) is 3.24 Å². The third-order valence-corrected chi connectivity index (χ3v) is 6.19. The summed E-state index contributed by atoms with van der Waals surface area (Å²) < 4.78 is 0. The van der Waals surface area contributed by atoms with E-state index in [4.69, 9.17) is 0 Å². The second-order valence-corrected chi connectivity index (χ2v) is 8.15. The molecule has 1 nitrogen and oxygen atoms in total. The largest absolute Gasteiger partial charge is 0.281 e. The minimum Gasteiger partial charge on any atom is -0.281 e. The smallest absolute Gasteiger partial charge is 0.0459 e. The number of thioether (sulfide) groups is 2. The number of hydrogen-bond acceptors (Lipinski definition) is 3. The Morgan fingerprint density at radius 2 is 0.885 bits per heavy atom. The van der Waals surface area contributed by atoms with Crippen LogP contribution in [0.3, 0.4) is 0 Å². The highest BCUT2D eigenvalue weighted by molar-refractivity contribution is 7.99. The quantitative estimate of drug-likeness (QED) is 0.382. The van der Waals surface area contributed by atoms with Crippen LogP contribution in [0.5, 0.6) is 0 Å². The maximum Gasteiger partial charge on any atom is 0.0459 e. The lowest BCUT2D eigenvalue weighted by atomic mass is 10.2. The van der Waals surface area contributed by atoms with E-state index >= 15 is 0 Å². The van der Waals surface area contributed by atoms with E-state index in [1.165, 1.54) is 16.7 Å². The number of benzene rings is 3. The lowest BCUT2D eigenvalue weighted by Gasteiger charge is -2.22. The molecular weight excluding hydrogens is 354 g/mol. The van der Waals surface area contributed by atoms with Gasteiger partial charge in [0.15, 0.2) is 0 Å². The fraction of sp³-hybridized carbons (Fsp3) is 0.217. The van der Waals surface area contributed by atoms with Crippen LogP contribution in [-0.4, -0.2) is 16.7 Å². The molecule has 0 heterocycles. The van der Waals surface area contributed by atoms with E-state index in [1.54, 1.807) is 0 Å². The van der Waals surface area contributed by atoms with Crippen LogP contribution in [0.1, 0.15) is 16.7 Å². The first-order valence-corrected chi connectivity index (χ1v) is 11.2. The van der Waals surface area contributed by atoms with E-state index in [1.807, 2.05) is 23.5 Å². The molecule has 0 N–H and O–H groups in total. The van der Waals surface area contributed by atoms with Gasteiger partial charge in [0.05, 0.1) is 0 Å². The molecule has 0 aromatic heterocycles. The monoisotopic (exact) mass is 379 g/mol. The number of rotatable bonds is 10. The Morgan fingerprint density at radius 3 is 1.31 bits per heavy atom. The Hall–Kier alpha value is -1.68. The highest BCUT2D eigenvalue weighted by atomic mass is 32.2. The van der Waals surface area contributed by atoms with E-state index < -0.39 is 0 Å². The minimum atomic E-state index is 1.00. The summed E-state index contributed by atoms with van der Waals surface area (Å²) in [4.78, 5) is 2.54. The maximum absolute atomic E-state index is 2.54. The molecule has 0 saturated heterocycles. The highest BCUT2D eigenvalue weighted by Gasteiger charge is 2.07. The van der Waals surface area contributed by atoms with Crippen LogP contribution >= 0.6 is 23.5 Å². The molecule has 3 rings (SSSR count). The molecule has 0 unspecified atom stereocenters. The van der Waals surface area contributed by atoms with Crippen molar-refractivity contribution in [3.63, 3.8) is 0 Å². The average Bonchev–Trinajstić information content (AvgIpc) is 2.70. The van der Waals surface area contributed by atoms with Crippen LogP contribution in [0, 0.1) is 0 Å². The summed E-state index contributed by atoms with van der Waals surface area (Å²) in [6.45, 7) is 1.00. The van der Waals surface area contributed by atoms with Crippen molar-refractivity contribution in [1.29, 1.82) is 0 Å². The molecular formula is C23H25NS2. The van der Waals surface area contributed by atoms with Crippen LogP contribution in [0.2, 0.25) is 0 Å². The van der Waals surface area contributed by atoms with Gasteiger partial charge in [0.1, 0.15) is 0 Å². The Balaban J connectivity index is 1.50. The third kappa shape index (κ3) is 6.91. The van der Waals surface area contributed by atoms with Gasteiger partial charge in [-0.25, -0.2) is 0 Å². The zero-order valence-electron chi connectivity index (χ0n) is 15.0. The molecule has 3 aromatic rings. The SMILES string of the molecule is c1ccc(CSCN(CSCc2ccccc2)Cc2ccccc2)cc1. The van der Waals surface area contributed by atoms with Gasteiger partial charge in [-0.05, 0) is 16.7 Å². The van der Waals surface area contributed by atoms with Crippen molar-refractivity contribution in [2.45, 2.75) is 18.1 Å². The van der Waals surface area contributed by atoms with Crippen LogP contribution in [0.4, 0.5) is 0 Å². The van der Waals surface area contributed by atoms with Crippen molar-refractivity contribution in [3.05, 3.63) is 108 Å². The van der Waals surface area contributed by atoms with Crippen molar-refractivity contribution in [3.8, 4) is 0 Å². The summed E-state index contributed by atoms with van der Waals surface area (Å²) in [6.07, 6.45) is 0. The van der Waals surface area contributed by atoms with Gasteiger partial charge < -0.3 is 0 Å². The molecule has 0 fully saturated rings. The summed E-state index contributed by atoms with van der Waals surface area (Å²) >= 11 is 3.99. The van der Waals surface area contributed by atoms with Gasteiger partial charge in [-0.1, -0.05) is 91.0 Å². The van der Waals surface area contributed by atoms with E-state index in [-0.39, 0.29) is 0 Å². The molecule has 3 heteroatoms. The zero-order valence-corrected chi connectivity index (χ0v) is 16.6. The van der Waals surface area contributed by atoms with Crippen LogP contribution in [0.25, 0.3) is 0 Å². The maximum atomic E-state index is 2.54. The molecule has 3 aromatic carbocycles. The molecule has 0 radical (unpaired) electrons. The fourth-order valence-electron chi connectivity index (χ4n) is 2.70. The van der Waals surface area contributed by atoms with Gasteiger partial charge >= 0.3 is 0 Å². The van der Waals surface area contributed by atoms with Crippen LogP contribution in [0.15, 0.2) is 91.0 Å². The summed E-state index contributed by atoms with van der Waals surface area (Å²) in [7, 11) is 0. The number of hydrogen-bond donors (Lipinski definition) is 0. The first-order chi connectivity index (χ1) is 12.9. The lowest BCUT2D eigenvalue weighted by molar-refractivity contribution is 0.370. The van der Waals surface area contributed by atoms with E-state index in [2.05, 4.69) is 95.9 Å². The molecule has 26 heavy (non-hydrogen) atoms. The average molecular weight is 380 g/mol. The summed E-state index contributed by atoms with van der Waals surface area (Å²) in [5.74, 6) is 4.22. The minimum absolute atomic E-state index is 1.00. The molecule has 0 aliphatic heterocycles. The summed E-state index contributed by atoms with van der Waals surface area (Å²) in [5, 5.41) is 0. The van der Waals surface area contributed by atoms with E-state index in [0.29, 0.717) is 0 Å². The van der Waals surface area contributed by atoms with E-state index in [9.17, 15) is 0 Å². The van der Waals surface area contributed by atoms with Gasteiger partial charge in [-0.2, -0.15) is 0 Å². The fourth-order valence-corrected chi connectivity index (χ4v) is 4.74. The molecule has 0 atom stereocenters. The standard InChI is InChI=1S/C23H25NS2/c1-4-10-21(11-5-1)16-24(19-25-17-22-12-6-2-7-13-22)20-26-18-23-14-8-3-9-15-23/h1-15H,16-20H2. The molecule has 0 aliphatic rings. The number of nitrogens with zero attached hydrogens (tertiary/aromatic N) is 1. The molecule has 0 saturated carbocycles. The Kier molecular flexibility index (Phi) is 8.17. The van der Waals surface area contributed by atoms with Gasteiger partial charge in [0.2, 0.25) is 0 Å². The van der Waals surface area contributed by atoms with Crippen molar-refractivity contribution < 1.29 is 0 Å².